The molecule has 0 aromatic rings. The SMILES string of the molecule is CC(=O)C1(Br)C=C(Br)C(Br)=CC1N. The third kappa shape index (κ3) is 2.14. The Labute approximate surface area is 102 Å². The summed E-state index contributed by atoms with van der Waals surface area (Å²) >= 11 is 10.0. The number of ketones is 1. The summed E-state index contributed by atoms with van der Waals surface area (Å²) in [6, 6.07) is -0.347. The Balaban J connectivity index is 3.12. The molecule has 0 saturated heterocycles. The van der Waals surface area contributed by atoms with Crippen LogP contribution in [0, 0.1) is 0 Å². The Morgan fingerprint density at radius 1 is 1.54 bits per heavy atom. The zero-order valence-corrected chi connectivity index (χ0v) is 11.6. The number of halogens is 3. The summed E-state index contributed by atoms with van der Waals surface area (Å²) in [5, 5.41) is 0. The highest BCUT2D eigenvalue weighted by atomic mass is 79.9. The molecular formula is C8H8Br3NO. The molecule has 13 heavy (non-hydrogen) atoms. The van der Waals surface area contributed by atoms with Crippen LogP contribution in [0.3, 0.4) is 0 Å². The summed E-state index contributed by atoms with van der Waals surface area (Å²) in [6.07, 6.45) is 3.56. The van der Waals surface area contributed by atoms with Crippen LogP contribution in [-0.4, -0.2) is 16.1 Å². The second kappa shape index (κ2) is 3.96. The van der Waals surface area contributed by atoms with Crippen molar-refractivity contribution in [3.8, 4) is 0 Å². The van der Waals surface area contributed by atoms with Gasteiger partial charge in [0.15, 0.2) is 5.78 Å². The highest BCUT2D eigenvalue weighted by Crippen LogP contribution is 2.37. The number of nitrogens with two attached hydrogens (primary N) is 1. The van der Waals surface area contributed by atoms with Crippen molar-refractivity contribution in [3.63, 3.8) is 0 Å². The van der Waals surface area contributed by atoms with E-state index in [1.807, 2.05) is 0 Å². The van der Waals surface area contributed by atoms with Gasteiger partial charge in [0.05, 0.1) is 6.04 Å². The number of carbonyl (C=O) groups is 1. The van der Waals surface area contributed by atoms with E-state index in [0.717, 1.165) is 8.96 Å². The first kappa shape index (κ1) is 11.6. The lowest BCUT2D eigenvalue weighted by Gasteiger charge is -2.29. The quantitative estimate of drug-likeness (QED) is 0.718. The van der Waals surface area contributed by atoms with E-state index >= 15 is 0 Å². The van der Waals surface area contributed by atoms with Crippen molar-refractivity contribution in [3.05, 3.63) is 21.1 Å². The number of carbonyl (C=O) groups excluding carboxylic acids is 1. The summed E-state index contributed by atoms with van der Waals surface area (Å²) in [5.74, 6) is -0.00630. The molecule has 2 nitrogen and oxygen atoms in total. The molecule has 0 radical (unpaired) electrons. The van der Waals surface area contributed by atoms with E-state index in [1.165, 1.54) is 6.92 Å². The zero-order chi connectivity index (χ0) is 10.2. The van der Waals surface area contributed by atoms with E-state index in [-0.39, 0.29) is 11.8 Å². The topological polar surface area (TPSA) is 43.1 Å². The van der Waals surface area contributed by atoms with Gasteiger partial charge < -0.3 is 5.73 Å². The molecule has 2 N–H and O–H groups in total. The van der Waals surface area contributed by atoms with Crippen molar-refractivity contribution in [2.24, 2.45) is 5.73 Å². The molecule has 1 aliphatic carbocycles. The molecular weight excluding hydrogens is 366 g/mol. The summed E-state index contributed by atoms with van der Waals surface area (Å²) in [5.41, 5.74) is 5.83. The second-order valence-electron chi connectivity index (χ2n) is 2.86. The van der Waals surface area contributed by atoms with E-state index < -0.39 is 4.32 Å². The third-order valence-corrected chi connectivity index (χ3v) is 5.11. The first-order valence-electron chi connectivity index (χ1n) is 3.59. The fourth-order valence-electron chi connectivity index (χ4n) is 1.04. The van der Waals surface area contributed by atoms with Crippen LogP contribution in [0.5, 0.6) is 0 Å². The largest absolute Gasteiger partial charge is 0.323 e. The molecule has 0 bridgehead atoms. The van der Waals surface area contributed by atoms with Crippen molar-refractivity contribution in [1.29, 1.82) is 0 Å². The van der Waals surface area contributed by atoms with E-state index in [1.54, 1.807) is 12.2 Å². The van der Waals surface area contributed by atoms with E-state index in [2.05, 4.69) is 47.8 Å². The first-order chi connectivity index (χ1) is 5.88. The number of alkyl halides is 1. The van der Waals surface area contributed by atoms with Gasteiger partial charge in [0.1, 0.15) is 4.32 Å². The minimum Gasteiger partial charge on any atom is -0.323 e. The fraction of sp³-hybridized carbons (Fsp3) is 0.375. The fourth-order valence-corrected chi connectivity index (χ4v) is 2.61. The number of Topliss-reactive ketones (excluding diaryl/α,β-unsaturated/α-hetero) is 1. The van der Waals surface area contributed by atoms with Gasteiger partial charge in [-0.05, 0) is 44.9 Å². The lowest BCUT2D eigenvalue weighted by molar-refractivity contribution is -0.118. The minimum absolute atomic E-state index is 0.00630. The lowest BCUT2D eigenvalue weighted by atomic mass is 9.92. The Morgan fingerprint density at radius 3 is 2.54 bits per heavy atom. The van der Waals surface area contributed by atoms with Gasteiger partial charge in [-0.1, -0.05) is 22.0 Å². The van der Waals surface area contributed by atoms with E-state index in [4.69, 9.17) is 5.73 Å². The maximum Gasteiger partial charge on any atom is 0.152 e. The van der Waals surface area contributed by atoms with Crippen LogP contribution in [0.2, 0.25) is 0 Å². The van der Waals surface area contributed by atoms with Gasteiger partial charge in [-0.3, -0.25) is 4.79 Å². The minimum atomic E-state index is -0.775. The molecule has 0 saturated carbocycles. The Bertz CT molecular complexity index is 311. The van der Waals surface area contributed by atoms with Crippen molar-refractivity contribution in [1.82, 2.24) is 0 Å². The zero-order valence-electron chi connectivity index (χ0n) is 6.85. The van der Waals surface area contributed by atoms with E-state index in [0.29, 0.717) is 0 Å². The molecule has 1 aliphatic rings. The monoisotopic (exact) mass is 371 g/mol. The first-order valence-corrected chi connectivity index (χ1v) is 5.97. The Morgan fingerprint density at radius 2 is 2.08 bits per heavy atom. The smallest absolute Gasteiger partial charge is 0.152 e. The van der Waals surface area contributed by atoms with Crippen molar-refractivity contribution in [2.75, 3.05) is 0 Å². The molecule has 0 fully saturated rings. The molecule has 2 unspecified atom stereocenters. The summed E-state index contributed by atoms with van der Waals surface area (Å²) in [4.78, 5) is 11.3. The average Bonchev–Trinajstić information content (AvgIpc) is 2.01. The van der Waals surface area contributed by atoms with Gasteiger partial charge >= 0.3 is 0 Å². The number of allylic oxidation sites excluding steroid dienone is 2. The number of hydrogen-bond acceptors (Lipinski definition) is 2. The van der Waals surface area contributed by atoms with Crippen molar-refractivity contribution in [2.45, 2.75) is 17.3 Å². The molecule has 0 heterocycles. The molecule has 0 aliphatic heterocycles. The average molecular weight is 374 g/mol. The van der Waals surface area contributed by atoms with Crippen LogP contribution >= 0.6 is 47.8 Å². The van der Waals surface area contributed by atoms with E-state index in [9.17, 15) is 4.79 Å². The van der Waals surface area contributed by atoms with Gasteiger partial charge in [0.2, 0.25) is 0 Å². The van der Waals surface area contributed by atoms with Crippen molar-refractivity contribution >= 4 is 53.6 Å². The Hall–Kier alpha value is 0.550. The summed E-state index contributed by atoms with van der Waals surface area (Å²) in [6.45, 7) is 1.51. The van der Waals surface area contributed by atoms with Crippen LogP contribution in [0.25, 0.3) is 0 Å². The molecule has 2 atom stereocenters. The van der Waals surface area contributed by atoms with Crippen LogP contribution in [-0.2, 0) is 4.79 Å². The number of hydrogen-bond donors (Lipinski definition) is 1. The van der Waals surface area contributed by atoms with Crippen molar-refractivity contribution < 1.29 is 4.79 Å². The molecule has 0 spiro atoms. The predicted molar refractivity (Wildman–Crippen MR) is 64.3 cm³/mol. The van der Waals surface area contributed by atoms with Gasteiger partial charge in [0.25, 0.3) is 0 Å². The molecule has 1 rings (SSSR count). The van der Waals surface area contributed by atoms with Crippen LogP contribution < -0.4 is 5.73 Å². The standard InChI is InChI=1S/C8H8Br3NO/c1-4(13)8(11)3-6(10)5(9)2-7(8)12/h2-3,7H,12H2,1H3. The van der Waals surface area contributed by atoms with Gasteiger partial charge in [-0.25, -0.2) is 0 Å². The molecule has 0 aromatic heterocycles. The second-order valence-corrected chi connectivity index (χ2v) is 5.88. The van der Waals surface area contributed by atoms with Crippen LogP contribution in [0.1, 0.15) is 6.92 Å². The lowest BCUT2D eigenvalue weighted by Crippen LogP contribution is -2.47. The predicted octanol–water partition coefficient (Wildman–Crippen LogP) is 2.61. The summed E-state index contributed by atoms with van der Waals surface area (Å²) in [7, 11) is 0. The molecule has 5 heteroatoms. The molecule has 72 valence electrons. The van der Waals surface area contributed by atoms with Crippen LogP contribution in [0.15, 0.2) is 21.1 Å². The molecule has 0 aromatic carbocycles. The maximum atomic E-state index is 11.3. The summed E-state index contributed by atoms with van der Waals surface area (Å²) < 4.78 is 0.931. The van der Waals surface area contributed by atoms with Gasteiger partial charge in [-0.2, -0.15) is 0 Å². The maximum absolute atomic E-state index is 11.3. The highest BCUT2D eigenvalue weighted by molar-refractivity contribution is 9.15. The Kier molecular flexibility index (Phi) is 3.54. The van der Waals surface area contributed by atoms with Crippen LogP contribution in [0.4, 0.5) is 0 Å². The number of rotatable bonds is 1. The van der Waals surface area contributed by atoms with Gasteiger partial charge in [0, 0.05) is 8.96 Å². The normalized spacial score (nSPS) is 33.8. The third-order valence-electron chi connectivity index (χ3n) is 1.92. The van der Waals surface area contributed by atoms with Gasteiger partial charge in [-0.15, -0.1) is 0 Å². The highest BCUT2D eigenvalue weighted by Gasteiger charge is 2.38. The molecule has 0 amide bonds.